The van der Waals surface area contributed by atoms with Crippen molar-refractivity contribution in [3.05, 3.63) is 35.4 Å². The fourth-order valence-electron chi connectivity index (χ4n) is 1.74. The van der Waals surface area contributed by atoms with Crippen LogP contribution >= 0.6 is 0 Å². The summed E-state index contributed by atoms with van der Waals surface area (Å²) in [5, 5.41) is 22.1. The van der Waals surface area contributed by atoms with E-state index in [1.54, 1.807) is 20.8 Å². The molecule has 0 aliphatic rings. The molecule has 0 aliphatic heterocycles. The summed E-state index contributed by atoms with van der Waals surface area (Å²) < 4.78 is 31.3. The predicted octanol–water partition coefficient (Wildman–Crippen LogP) is 2.27. The first-order valence-electron chi connectivity index (χ1n) is 6.88. The molecule has 0 radical (unpaired) electrons. The fraction of sp³-hybridized carbons (Fsp3) is 0.533. The largest absolute Gasteiger partial charge is 0.444 e. The normalized spacial score (nSPS) is 14.3. The highest BCUT2D eigenvalue weighted by Gasteiger charge is 2.22. The Morgan fingerprint density at radius 3 is 2.50 bits per heavy atom. The number of benzene rings is 1. The molecule has 0 aromatic heterocycles. The van der Waals surface area contributed by atoms with Crippen LogP contribution in [0.2, 0.25) is 0 Å². The van der Waals surface area contributed by atoms with Gasteiger partial charge in [0.1, 0.15) is 23.3 Å². The molecule has 1 aromatic carbocycles. The second-order valence-corrected chi connectivity index (χ2v) is 5.90. The molecule has 1 aromatic rings. The second kappa shape index (κ2) is 7.51. The van der Waals surface area contributed by atoms with Crippen molar-refractivity contribution in [1.82, 2.24) is 5.32 Å². The van der Waals surface area contributed by atoms with Gasteiger partial charge < -0.3 is 20.3 Å². The van der Waals surface area contributed by atoms with Gasteiger partial charge in [-0.1, -0.05) is 6.07 Å². The highest BCUT2D eigenvalue weighted by Crippen LogP contribution is 2.22. The molecule has 0 heterocycles. The molecular formula is C15H21F2NO4. The quantitative estimate of drug-likeness (QED) is 0.778. The molecule has 0 aliphatic carbocycles. The zero-order valence-corrected chi connectivity index (χ0v) is 12.8. The number of hydrogen-bond acceptors (Lipinski definition) is 4. The molecule has 0 fully saturated rings. The number of amides is 1. The van der Waals surface area contributed by atoms with E-state index in [1.165, 1.54) is 0 Å². The number of ether oxygens (including phenoxy) is 1. The molecule has 2 atom stereocenters. The summed E-state index contributed by atoms with van der Waals surface area (Å²) in [7, 11) is 0. The minimum Gasteiger partial charge on any atom is -0.444 e. The number of hydrogen-bond donors (Lipinski definition) is 3. The van der Waals surface area contributed by atoms with E-state index >= 15 is 0 Å². The van der Waals surface area contributed by atoms with Crippen molar-refractivity contribution in [2.75, 3.05) is 6.54 Å². The van der Waals surface area contributed by atoms with Gasteiger partial charge in [-0.15, -0.1) is 0 Å². The SMILES string of the molecule is CC(C)(C)OC(=O)NCCC(O)C(O)c1ccc(F)cc1F. The zero-order chi connectivity index (χ0) is 16.9. The van der Waals surface area contributed by atoms with Gasteiger partial charge in [0.2, 0.25) is 0 Å². The van der Waals surface area contributed by atoms with Crippen molar-refractivity contribution in [2.24, 2.45) is 0 Å². The molecule has 5 nitrogen and oxygen atoms in total. The van der Waals surface area contributed by atoms with E-state index in [2.05, 4.69) is 5.32 Å². The third kappa shape index (κ3) is 5.95. The summed E-state index contributed by atoms with van der Waals surface area (Å²) in [6.07, 6.45) is -3.49. The Balaban J connectivity index is 2.48. The highest BCUT2D eigenvalue weighted by atomic mass is 19.1. The van der Waals surface area contributed by atoms with E-state index in [0.717, 1.165) is 12.1 Å². The van der Waals surface area contributed by atoms with Crippen molar-refractivity contribution in [3.8, 4) is 0 Å². The third-order valence-electron chi connectivity index (χ3n) is 2.75. The lowest BCUT2D eigenvalue weighted by atomic mass is 10.0. The Labute approximate surface area is 127 Å². The molecular weight excluding hydrogens is 296 g/mol. The molecule has 0 bridgehead atoms. The van der Waals surface area contributed by atoms with Crippen LogP contribution in [0.4, 0.5) is 13.6 Å². The van der Waals surface area contributed by atoms with Gasteiger partial charge in [0, 0.05) is 18.2 Å². The van der Waals surface area contributed by atoms with Crippen molar-refractivity contribution in [2.45, 2.75) is 45.0 Å². The van der Waals surface area contributed by atoms with Crippen LogP contribution in [-0.4, -0.2) is 34.6 Å². The van der Waals surface area contributed by atoms with E-state index < -0.39 is 35.5 Å². The maximum atomic E-state index is 13.5. The van der Waals surface area contributed by atoms with Crippen LogP contribution < -0.4 is 5.32 Å². The minimum atomic E-state index is -1.51. The number of aliphatic hydroxyl groups excluding tert-OH is 2. The van der Waals surface area contributed by atoms with Crippen molar-refractivity contribution in [1.29, 1.82) is 0 Å². The minimum absolute atomic E-state index is 0.0166. The molecule has 3 N–H and O–H groups in total. The second-order valence-electron chi connectivity index (χ2n) is 5.90. The Morgan fingerprint density at radius 2 is 1.95 bits per heavy atom. The van der Waals surface area contributed by atoms with Crippen molar-refractivity contribution >= 4 is 6.09 Å². The van der Waals surface area contributed by atoms with E-state index in [1.807, 2.05) is 0 Å². The van der Waals surface area contributed by atoms with Crippen molar-refractivity contribution < 1.29 is 28.5 Å². The average Bonchev–Trinajstić information content (AvgIpc) is 2.35. The molecule has 2 unspecified atom stereocenters. The number of alkyl carbamates (subject to hydrolysis) is 1. The molecule has 124 valence electrons. The average molecular weight is 317 g/mol. The number of carbonyl (C=O) groups is 1. The van der Waals surface area contributed by atoms with E-state index in [-0.39, 0.29) is 18.5 Å². The molecule has 1 rings (SSSR count). The Morgan fingerprint density at radius 1 is 1.32 bits per heavy atom. The van der Waals surface area contributed by atoms with E-state index in [4.69, 9.17) is 4.74 Å². The molecule has 0 saturated carbocycles. The van der Waals surface area contributed by atoms with Gasteiger partial charge in [0.05, 0.1) is 6.10 Å². The summed E-state index contributed by atoms with van der Waals surface area (Å²) in [6, 6.07) is 2.69. The van der Waals surface area contributed by atoms with Gasteiger partial charge >= 0.3 is 6.09 Å². The van der Waals surface area contributed by atoms with Crippen LogP contribution in [-0.2, 0) is 4.74 Å². The molecule has 22 heavy (non-hydrogen) atoms. The van der Waals surface area contributed by atoms with Crippen LogP contribution in [0.15, 0.2) is 18.2 Å². The Kier molecular flexibility index (Phi) is 6.25. The van der Waals surface area contributed by atoms with Gasteiger partial charge in [-0.3, -0.25) is 0 Å². The number of rotatable bonds is 5. The maximum absolute atomic E-state index is 13.5. The first kappa shape index (κ1) is 18.3. The van der Waals surface area contributed by atoms with Gasteiger partial charge in [0.25, 0.3) is 0 Å². The highest BCUT2D eigenvalue weighted by molar-refractivity contribution is 5.67. The van der Waals surface area contributed by atoms with Crippen LogP contribution in [0.5, 0.6) is 0 Å². The van der Waals surface area contributed by atoms with Gasteiger partial charge in [-0.25, -0.2) is 13.6 Å². The predicted molar refractivity (Wildman–Crippen MR) is 76.2 cm³/mol. The topological polar surface area (TPSA) is 78.8 Å². The Hall–Kier alpha value is -1.73. The van der Waals surface area contributed by atoms with Crippen LogP contribution in [0.25, 0.3) is 0 Å². The number of halogens is 2. The Bertz CT molecular complexity index is 517. The number of carbonyl (C=O) groups excluding carboxylic acids is 1. The summed E-state index contributed by atoms with van der Waals surface area (Å²) >= 11 is 0. The van der Waals surface area contributed by atoms with Gasteiger partial charge in [0.15, 0.2) is 0 Å². The third-order valence-corrected chi connectivity index (χ3v) is 2.75. The fourth-order valence-corrected chi connectivity index (χ4v) is 1.74. The molecule has 0 spiro atoms. The molecule has 0 saturated heterocycles. The zero-order valence-electron chi connectivity index (χ0n) is 12.8. The lowest BCUT2D eigenvalue weighted by Gasteiger charge is -2.21. The van der Waals surface area contributed by atoms with Crippen LogP contribution in [0, 0.1) is 11.6 Å². The number of nitrogens with one attached hydrogen (secondary N) is 1. The summed E-state index contributed by atoms with van der Waals surface area (Å²) in [4.78, 5) is 11.4. The summed E-state index contributed by atoms with van der Waals surface area (Å²) in [5.74, 6) is -1.71. The summed E-state index contributed by atoms with van der Waals surface area (Å²) in [6.45, 7) is 5.17. The lowest BCUT2D eigenvalue weighted by molar-refractivity contribution is 0.0103. The van der Waals surface area contributed by atoms with Crippen molar-refractivity contribution in [3.63, 3.8) is 0 Å². The van der Waals surface area contributed by atoms with E-state index in [0.29, 0.717) is 6.07 Å². The molecule has 7 heteroatoms. The van der Waals surface area contributed by atoms with Crippen LogP contribution in [0.3, 0.4) is 0 Å². The monoisotopic (exact) mass is 317 g/mol. The standard InChI is InChI=1S/C15H21F2NO4/c1-15(2,3)22-14(21)18-7-6-12(19)13(20)10-5-4-9(16)8-11(10)17/h4-5,8,12-13,19-20H,6-7H2,1-3H3,(H,18,21). The van der Waals surface area contributed by atoms with Crippen LogP contribution in [0.1, 0.15) is 38.9 Å². The lowest BCUT2D eigenvalue weighted by Crippen LogP contribution is -2.34. The first-order valence-corrected chi connectivity index (χ1v) is 6.88. The molecule has 1 amide bonds. The maximum Gasteiger partial charge on any atom is 0.407 e. The summed E-state index contributed by atoms with van der Waals surface area (Å²) in [5.41, 5.74) is -0.842. The first-order chi connectivity index (χ1) is 10.1. The van der Waals surface area contributed by atoms with Gasteiger partial charge in [-0.05, 0) is 33.3 Å². The number of aliphatic hydroxyl groups is 2. The van der Waals surface area contributed by atoms with Gasteiger partial charge in [-0.2, -0.15) is 0 Å². The van der Waals surface area contributed by atoms with E-state index in [9.17, 15) is 23.8 Å². The smallest absolute Gasteiger partial charge is 0.407 e.